The molecule has 0 aromatic heterocycles. The summed E-state index contributed by atoms with van der Waals surface area (Å²) in [6, 6.07) is 6.57. The Balaban J connectivity index is 2.31. The number of hydrogen-bond donors (Lipinski definition) is 3. The lowest BCUT2D eigenvalue weighted by molar-refractivity contribution is -0.158. The van der Waals surface area contributed by atoms with Crippen LogP contribution in [0.1, 0.15) is 32.8 Å². The van der Waals surface area contributed by atoms with Gasteiger partial charge in [-0.2, -0.15) is 0 Å². The molecule has 7 nitrogen and oxygen atoms in total. The third-order valence-corrected chi connectivity index (χ3v) is 9.50. The van der Waals surface area contributed by atoms with Gasteiger partial charge in [0.15, 0.2) is 9.84 Å². The van der Waals surface area contributed by atoms with Gasteiger partial charge in [0.25, 0.3) is 0 Å². The van der Waals surface area contributed by atoms with Crippen LogP contribution in [0.3, 0.4) is 0 Å². The van der Waals surface area contributed by atoms with Crippen molar-refractivity contribution in [2.45, 2.75) is 49.8 Å². The van der Waals surface area contributed by atoms with Crippen LogP contribution in [0.5, 0.6) is 0 Å². The van der Waals surface area contributed by atoms with Crippen molar-refractivity contribution in [1.82, 2.24) is 10.6 Å². The number of carboxylic acids is 1. The van der Waals surface area contributed by atoms with Crippen LogP contribution >= 0.6 is 11.8 Å². The Kier molecular flexibility index (Phi) is 7.17. The van der Waals surface area contributed by atoms with E-state index in [1.165, 1.54) is 18.7 Å². The summed E-state index contributed by atoms with van der Waals surface area (Å²) in [5.74, 6) is -1.74. The summed E-state index contributed by atoms with van der Waals surface area (Å²) < 4.78 is 25.3. The first-order chi connectivity index (χ1) is 13.0. The predicted octanol–water partition coefficient (Wildman–Crippen LogP) is 2.01. The van der Waals surface area contributed by atoms with Gasteiger partial charge in [0, 0.05) is 12.3 Å². The molecule has 0 spiro atoms. The molecule has 0 bridgehead atoms. The summed E-state index contributed by atoms with van der Waals surface area (Å²) in [5.41, 5.74) is -0.694. The summed E-state index contributed by atoms with van der Waals surface area (Å²) in [4.78, 5) is 24.9. The molecule has 3 unspecified atom stereocenters. The molecular formula is C19H28N2O5S2. The van der Waals surface area contributed by atoms with E-state index in [4.69, 9.17) is 0 Å². The highest BCUT2D eigenvalue weighted by molar-refractivity contribution is 8.13. The van der Waals surface area contributed by atoms with Crippen LogP contribution in [0.4, 0.5) is 0 Å². The molecule has 0 radical (unpaired) electrons. The van der Waals surface area contributed by atoms with Gasteiger partial charge in [-0.3, -0.25) is 14.9 Å². The molecule has 1 amide bonds. The molecule has 28 heavy (non-hydrogen) atoms. The second-order valence-corrected chi connectivity index (χ2v) is 10.9. The molecular weight excluding hydrogens is 400 g/mol. The minimum atomic E-state index is -3.73. The molecule has 0 saturated carbocycles. The van der Waals surface area contributed by atoms with E-state index in [9.17, 15) is 23.1 Å². The fourth-order valence-corrected chi connectivity index (χ4v) is 6.53. The maximum absolute atomic E-state index is 13.1. The second kappa shape index (κ2) is 8.84. The minimum absolute atomic E-state index is 0.182. The number of carbonyl (C=O) groups is 2. The molecule has 4 atom stereocenters. The SMILES string of the molecule is CC[C@@H](C)C(C)(C(=O)O)C(=O)NC1NCCSC1S(=O)(=O)c1ccc(C)cc1. The van der Waals surface area contributed by atoms with E-state index in [-0.39, 0.29) is 4.90 Å². The number of thioether (sulfide) groups is 1. The van der Waals surface area contributed by atoms with E-state index in [0.717, 1.165) is 5.56 Å². The molecule has 0 aliphatic carbocycles. The first kappa shape index (κ1) is 22.7. The lowest BCUT2D eigenvalue weighted by Crippen LogP contribution is -2.61. The summed E-state index contributed by atoms with van der Waals surface area (Å²) in [5, 5.41) is 15.4. The van der Waals surface area contributed by atoms with Crippen LogP contribution in [0.15, 0.2) is 29.2 Å². The van der Waals surface area contributed by atoms with Crippen LogP contribution in [0.2, 0.25) is 0 Å². The third kappa shape index (κ3) is 4.36. The number of amides is 1. The normalized spacial score (nSPS) is 23.4. The van der Waals surface area contributed by atoms with Crippen LogP contribution in [-0.2, 0) is 19.4 Å². The number of carboxylic acid groups (broad SMARTS) is 1. The minimum Gasteiger partial charge on any atom is -0.480 e. The van der Waals surface area contributed by atoms with Crippen molar-refractivity contribution >= 4 is 33.5 Å². The largest absolute Gasteiger partial charge is 0.480 e. The third-order valence-electron chi connectivity index (χ3n) is 5.48. The molecule has 1 heterocycles. The van der Waals surface area contributed by atoms with Gasteiger partial charge in [0.1, 0.15) is 16.2 Å². The fourth-order valence-electron chi connectivity index (χ4n) is 3.06. The number of aryl methyl sites for hydroxylation is 1. The van der Waals surface area contributed by atoms with Gasteiger partial charge in [0.2, 0.25) is 5.91 Å². The quantitative estimate of drug-likeness (QED) is 0.570. The van der Waals surface area contributed by atoms with Crippen molar-refractivity contribution < 1.29 is 23.1 Å². The van der Waals surface area contributed by atoms with E-state index < -0.39 is 43.8 Å². The molecule has 1 aromatic rings. The zero-order valence-corrected chi connectivity index (χ0v) is 18.2. The Morgan fingerprint density at radius 1 is 1.36 bits per heavy atom. The standard InChI is InChI=1S/C19H28N2O5S2/c1-5-13(3)19(4,18(23)24)17(22)21-15-16(27-11-10-20-15)28(25,26)14-8-6-12(2)7-9-14/h6-9,13,15-16,20H,5,10-11H2,1-4H3,(H,21,22)(H,23,24)/t13-,15?,16?,19?/m1/s1. The van der Waals surface area contributed by atoms with Gasteiger partial charge in [-0.1, -0.05) is 38.0 Å². The number of benzene rings is 1. The molecule has 3 N–H and O–H groups in total. The zero-order chi connectivity index (χ0) is 21.1. The maximum atomic E-state index is 13.1. The molecule has 2 rings (SSSR count). The lowest BCUT2D eigenvalue weighted by Gasteiger charge is -2.36. The number of rotatable bonds is 7. The predicted molar refractivity (Wildman–Crippen MR) is 110 cm³/mol. The highest BCUT2D eigenvalue weighted by Gasteiger charge is 2.48. The fraction of sp³-hybridized carbons (Fsp3) is 0.579. The van der Waals surface area contributed by atoms with Gasteiger partial charge in [0.05, 0.1) is 4.90 Å². The molecule has 156 valence electrons. The van der Waals surface area contributed by atoms with Crippen LogP contribution in [0.25, 0.3) is 0 Å². The van der Waals surface area contributed by atoms with E-state index in [1.807, 2.05) is 13.8 Å². The smallest absolute Gasteiger partial charge is 0.319 e. The van der Waals surface area contributed by atoms with Crippen molar-refractivity contribution in [1.29, 1.82) is 0 Å². The van der Waals surface area contributed by atoms with E-state index in [1.54, 1.807) is 31.2 Å². The molecule has 9 heteroatoms. The highest BCUT2D eigenvalue weighted by atomic mass is 32.3. The maximum Gasteiger partial charge on any atom is 0.319 e. The molecule has 1 saturated heterocycles. The van der Waals surface area contributed by atoms with E-state index in [0.29, 0.717) is 18.7 Å². The van der Waals surface area contributed by atoms with Crippen molar-refractivity contribution in [2.24, 2.45) is 11.3 Å². The van der Waals surface area contributed by atoms with Crippen LogP contribution in [-0.4, -0.2) is 48.4 Å². The summed E-state index contributed by atoms with van der Waals surface area (Å²) in [6.07, 6.45) is -0.367. The van der Waals surface area contributed by atoms with E-state index >= 15 is 0 Å². The summed E-state index contributed by atoms with van der Waals surface area (Å²) in [6.45, 7) is 7.30. The Hall–Kier alpha value is -1.58. The molecule has 1 fully saturated rings. The van der Waals surface area contributed by atoms with E-state index in [2.05, 4.69) is 10.6 Å². The summed E-state index contributed by atoms with van der Waals surface area (Å²) in [7, 11) is -3.73. The van der Waals surface area contributed by atoms with Crippen molar-refractivity contribution in [2.75, 3.05) is 12.3 Å². The molecule has 1 aromatic carbocycles. The van der Waals surface area contributed by atoms with Gasteiger partial charge in [-0.15, -0.1) is 11.8 Å². The highest BCUT2D eigenvalue weighted by Crippen LogP contribution is 2.33. The first-order valence-electron chi connectivity index (χ1n) is 9.25. The molecule has 1 aliphatic heterocycles. The van der Waals surface area contributed by atoms with Crippen LogP contribution in [0, 0.1) is 18.3 Å². The Morgan fingerprint density at radius 3 is 2.50 bits per heavy atom. The van der Waals surface area contributed by atoms with Gasteiger partial charge >= 0.3 is 5.97 Å². The number of carbonyl (C=O) groups excluding carboxylic acids is 1. The Labute approximate surface area is 170 Å². The average molecular weight is 429 g/mol. The monoisotopic (exact) mass is 428 g/mol. The lowest BCUT2D eigenvalue weighted by atomic mass is 9.76. The Bertz CT molecular complexity index is 825. The average Bonchev–Trinajstić information content (AvgIpc) is 2.67. The topological polar surface area (TPSA) is 113 Å². The number of hydrogen-bond acceptors (Lipinski definition) is 6. The van der Waals surface area contributed by atoms with Crippen molar-refractivity contribution in [3.8, 4) is 0 Å². The van der Waals surface area contributed by atoms with Gasteiger partial charge < -0.3 is 10.4 Å². The zero-order valence-electron chi connectivity index (χ0n) is 16.6. The molecule has 1 aliphatic rings. The van der Waals surface area contributed by atoms with Crippen molar-refractivity contribution in [3.63, 3.8) is 0 Å². The van der Waals surface area contributed by atoms with Crippen LogP contribution < -0.4 is 10.6 Å². The summed E-state index contributed by atoms with van der Waals surface area (Å²) >= 11 is 1.24. The number of nitrogens with one attached hydrogen (secondary N) is 2. The Morgan fingerprint density at radius 2 is 1.96 bits per heavy atom. The first-order valence-corrected chi connectivity index (χ1v) is 11.8. The van der Waals surface area contributed by atoms with Crippen molar-refractivity contribution in [3.05, 3.63) is 29.8 Å². The van der Waals surface area contributed by atoms with Gasteiger partial charge in [-0.25, -0.2) is 8.42 Å². The second-order valence-electron chi connectivity index (χ2n) is 7.32. The number of aliphatic carboxylic acids is 1. The number of sulfone groups is 1. The van der Waals surface area contributed by atoms with Gasteiger partial charge in [-0.05, 0) is 31.9 Å².